The zero-order valence-electron chi connectivity index (χ0n) is 21.6. The van der Waals surface area contributed by atoms with Crippen molar-refractivity contribution in [3.63, 3.8) is 0 Å². The number of methoxy groups -OCH3 is 2. The molecule has 3 aromatic rings. The molecule has 0 amide bonds. The minimum atomic E-state index is -0.995. The van der Waals surface area contributed by atoms with Crippen molar-refractivity contribution in [3.05, 3.63) is 94.7 Å². The van der Waals surface area contributed by atoms with Gasteiger partial charge in [0.1, 0.15) is 35.4 Å². The summed E-state index contributed by atoms with van der Waals surface area (Å²) in [7, 11) is 2.37. The number of esters is 2. The third-order valence-corrected chi connectivity index (χ3v) is 6.21. The summed E-state index contributed by atoms with van der Waals surface area (Å²) in [5, 5.41) is 19.7. The van der Waals surface area contributed by atoms with Gasteiger partial charge in [0.25, 0.3) is 0 Å². The Bertz CT molecular complexity index is 1500. The number of ether oxygens (including phenoxy) is 3. The van der Waals surface area contributed by atoms with E-state index in [-0.39, 0.29) is 41.6 Å². The standard InChI is InChI=1S/C29H27N3O7/c1-4-38-23-12-10-18(22-13-11-19(16-33)39-22)14-21(23)32-26(29(35)37-3)25(28(34)36-2)24(20(15-30)27(32)31)17-8-6-5-7-9-17/h5-14,24,33H,4,16,31H2,1-3H3. The highest BCUT2D eigenvalue weighted by Gasteiger charge is 2.43. The van der Waals surface area contributed by atoms with Crippen LogP contribution in [0.2, 0.25) is 0 Å². The van der Waals surface area contributed by atoms with E-state index in [4.69, 9.17) is 24.4 Å². The average molecular weight is 530 g/mol. The van der Waals surface area contributed by atoms with Crippen LogP contribution in [0.25, 0.3) is 11.3 Å². The van der Waals surface area contributed by atoms with Crippen molar-refractivity contribution >= 4 is 17.6 Å². The van der Waals surface area contributed by atoms with Crippen LogP contribution < -0.4 is 15.4 Å². The smallest absolute Gasteiger partial charge is 0.355 e. The number of allylic oxidation sites excluding steroid dienone is 1. The number of furan rings is 1. The zero-order valence-corrected chi connectivity index (χ0v) is 21.6. The fourth-order valence-corrected chi connectivity index (χ4v) is 4.50. The van der Waals surface area contributed by atoms with Gasteiger partial charge in [-0.25, -0.2) is 9.59 Å². The topological polar surface area (TPSA) is 148 Å². The van der Waals surface area contributed by atoms with Crippen molar-refractivity contribution in [2.75, 3.05) is 25.7 Å². The fourth-order valence-electron chi connectivity index (χ4n) is 4.50. The Labute approximate surface area is 225 Å². The predicted octanol–water partition coefficient (Wildman–Crippen LogP) is 3.74. The first-order chi connectivity index (χ1) is 18.9. The first-order valence-electron chi connectivity index (χ1n) is 12.0. The molecule has 10 heteroatoms. The van der Waals surface area contributed by atoms with E-state index < -0.39 is 17.9 Å². The van der Waals surface area contributed by atoms with Gasteiger partial charge in [-0.2, -0.15) is 5.26 Å². The quantitative estimate of drug-likeness (QED) is 0.413. The molecule has 200 valence electrons. The lowest BCUT2D eigenvalue weighted by molar-refractivity contribution is -0.139. The lowest BCUT2D eigenvalue weighted by Gasteiger charge is -2.36. The van der Waals surface area contributed by atoms with Crippen LogP contribution in [0.5, 0.6) is 5.75 Å². The van der Waals surface area contributed by atoms with Crippen LogP contribution in [0.1, 0.15) is 24.2 Å². The summed E-state index contributed by atoms with van der Waals surface area (Å²) >= 11 is 0. The number of nitriles is 1. The Hall–Kier alpha value is -5.01. The average Bonchev–Trinajstić information content (AvgIpc) is 3.46. The second-order valence-electron chi connectivity index (χ2n) is 8.37. The molecule has 0 saturated heterocycles. The maximum atomic E-state index is 13.4. The molecule has 0 fully saturated rings. The summed E-state index contributed by atoms with van der Waals surface area (Å²) in [6.45, 7) is 1.78. The van der Waals surface area contributed by atoms with Gasteiger partial charge in [-0.15, -0.1) is 0 Å². The summed E-state index contributed by atoms with van der Waals surface area (Å²) in [6, 6.07) is 19.2. The third kappa shape index (κ3) is 4.95. The van der Waals surface area contributed by atoms with E-state index in [1.165, 1.54) is 19.1 Å². The molecule has 3 N–H and O–H groups in total. The zero-order chi connectivity index (χ0) is 28.1. The number of rotatable bonds is 8. The van der Waals surface area contributed by atoms with E-state index in [9.17, 15) is 20.0 Å². The first kappa shape index (κ1) is 27.0. The monoisotopic (exact) mass is 529 g/mol. The molecule has 0 saturated carbocycles. The molecule has 1 unspecified atom stereocenters. The summed E-state index contributed by atoms with van der Waals surface area (Å²) in [4.78, 5) is 28.0. The summed E-state index contributed by atoms with van der Waals surface area (Å²) in [5.41, 5.74) is 7.71. The van der Waals surface area contributed by atoms with Crippen molar-refractivity contribution in [3.8, 4) is 23.1 Å². The highest BCUT2D eigenvalue weighted by Crippen LogP contribution is 2.46. The molecule has 1 atom stereocenters. The van der Waals surface area contributed by atoms with Crippen molar-refractivity contribution in [1.29, 1.82) is 5.26 Å². The summed E-state index contributed by atoms with van der Waals surface area (Å²) in [6.07, 6.45) is 0. The molecule has 4 rings (SSSR count). The Morgan fingerprint density at radius 1 is 1.08 bits per heavy atom. The van der Waals surface area contributed by atoms with Gasteiger partial charge in [0.2, 0.25) is 0 Å². The molecular formula is C29H27N3O7. The van der Waals surface area contributed by atoms with E-state index in [2.05, 4.69) is 6.07 Å². The summed E-state index contributed by atoms with van der Waals surface area (Å²) < 4.78 is 21.7. The Morgan fingerprint density at radius 3 is 2.38 bits per heavy atom. The van der Waals surface area contributed by atoms with Crippen LogP contribution in [-0.4, -0.2) is 37.9 Å². The number of anilines is 1. The van der Waals surface area contributed by atoms with Crippen molar-refractivity contribution in [2.45, 2.75) is 19.4 Å². The van der Waals surface area contributed by atoms with E-state index in [0.717, 1.165) is 0 Å². The number of carbonyl (C=O) groups is 2. The SMILES string of the molecule is CCOc1ccc(-c2ccc(CO)o2)cc1N1C(N)=C(C#N)C(c2ccccc2)C(C(=O)OC)=C1C(=O)OC. The molecule has 2 heterocycles. The van der Waals surface area contributed by atoms with Crippen LogP contribution >= 0.6 is 0 Å². The Kier molecular flexibility index (Phi) is 8.03. The molecule has 1 aromatic heterocycles. The highest BCUT2D eigenvalue weighted by atomic mass is 16.5. The molecule has 10 nitrogen and oxygen atoms in total. The minimum Gasteiger partial charge on any atom is -0.492 e. The molecule has 0 bridgehead atoms. The number of benzene rings is 2. The molecule has 0 radical (unpaired) electrons. The molecule has 0 aliphatic carbocycles. The second-order valence-corrected chi connectivity index (χ2v) is 8.37. The van der Waals surface area contributed by atoms with Gasteiger partial charge in [-0.1, -0.05) is 30.3 Å². The van der Waals surface area contributed by atoms with Crippen molar-refractivity contribution < 1.29 is 33.3 Å². The maximum Gasteiger partial charge on any atom is 0.355 e. The number of nitrogens with two attached hydrogens (primary N) is 1. The number of carbonyl (C=O) groups excluding carboxylic acids is 2. The summed E-state index contributed by atoms with van der Waals surface area (Å²) in [5.74, 6) is -1.68. The maximum absolute atomic E-state index is 13.4. The third-order valence-electron chi connectivity index (χ3n) is 6.21. The van der Waals surface area contributed by atoms with E-state index in [1.54, 1.807) is 67.6 Å². The van der Waals surface area contributed by atoms with Crippen molar-refractivity contribution in [1.82, 2.24) is 0 Å². The number of aliphatic hydroxyl groups excluding tert-OH is 1. The predicted molar refractivity (Wildman–Crippen MR) is 141 cm³/mol. The van der Waals surface area contributed by atoms with Gasteiger partial charge >= 0.3 is 11.9 Å². The molecule has 2 aromatic carbocycles. The molecule has 1 aliphatic rings. The molecule has 1 aliphatic heterocycles. The van der Waals surface area contributed by atoms with Gasteiger partial charge in [0.15, 0.2) is 0 Å². The van der Waals surface area contributed by atoms with E-state index in [1.807, 2.05) is 0 Å². The number of nitrogens with zero attached hydrogens (tertiary/aromatic N) is 2. The van der Waals surface area contributed by atoms with E-state index >= 15 is 0 Å². The fraction of sp³-hybridized carbons (Fsp3) is 0.207. The number of hydrogen-bond acceptors (Lipinski definition) is 10. The highest BCUT2D eigenvalue weighted by molar-refractivity contribution is 6.06. The van der Waals surface area contributed by atoms with Crippen LogP contribution in [0.3, 0.4) is 0 Å². The van der Waals surface area contributed by atoms with Crippen LogP contribution in [-0.2, 0) is 25.7 Å². The number of aliphatic hydroxyl groups is 1. The van der Waals surface area contributed by atoms with Crippen molar-refractivity contribution in [2.24, 2.45) is 5.73 Å². The largest absolute Gasteiger partial charge is 0.492 e. The Balaban J connectivity index is 2.07. The van der Waals surface area contributed by atoms with Gasteiger partial charge in [-0.05, 0) is 42.8 Å². The van der Waals surface area contributed by atoms with Gasteiger partial charge in [-0.3, -0.25) is 4.90 Å². The minimum absolute atomic E-state index is 0.0302. The number of hydrogen-bond donors (Lipinski definition) is 2. The molecule has 39 heavy (non-hydrogen) atoms. The second kappa shape index (κ2) is 11.6. The normalized spacial score (nSPS) is 15.2. The lowest BCUT2D eigenvalue weighted by atomic mass is 9.81. The first-order valence-corrected chi connectivity index (χ1v) is 12.0. The molecular weight excluding hydrogens is 502 g/mol. The van der Waals surface area contributed by atoms with Crippen LogP contribution in [0.4, 0.5) is 5.69 Å². The van der Waals surface area contributed by atoms with Crippen LogP contribution in [0, 0.1) is 11.3 Å². The Morgan fingerprint density at radius 2 is 1.79 bits per heavy atom. The van der Waals surface area contributed by atoms with Crippen LogP contribution in [0.15, 0.2) is 87.7 Å². The van der Waals surface area contributed by atoms with Gasteiger partial charge in [0.05, 0.1) is 49.6 Å². The van der Waals surface area contributed by atoms with E-state index in [0.29, 0.717) is 28.4 Å². The lowest BCUT2D eigenvalue weighted by Crippen LogP contribution is -2.41. The van der Waals surface area contributed by atoms with Gasteiger partial charge in [0, 0.05) is 5.56 Å². The van der Waals surface area contributed by atoms with Gasteiger partial charge < -0.3 is 29.5 Å². The molecule has 0 spiro atoms.